The summed E-state index contributed by atoms with van der Waals surface area (Å²) in [6, 6.07) is 3.52. The van der Waals surface area contributed by atoms with Crippen molar-refractivity contribution in [2.24, 2.45) is 10.2 Å². The number of rotatable bonds is 3. The van der Waals surface area contributed by atoms with E-state index in [9.17, 15) is 17.6 Å². The van der Waals surface area contributed by atoms with Gasteiger partial charge in [0.15, 0.2) is 15.0 Å². The van der Waals surface area contributed by atoms with Gasteiger partial charge in [0.2, 0.25) is 5.91 Å². The maximum absolute atomic E-state index is 13.7. The fourth-order valence-corrected chi connectivity index (χ4v) is 2.63. The second-order valence-electron chi connectivity index (χ2n) is 3.94. The largest absolute Gasteiger partial charge is 0.303 e. The molecule has 0 radical (unpaired) electrons. The van der Waals surface area contributed by atoms with E-state index in [2.05, 4.69) is 15.5 Å². The van der Waals surface area contributed by atoms with E-state index in [1.807, 2.05) is 0 Å². The van der Waals surface area contributed by atoms with E-state index in [0.29, 0.717) is 5.17 Å². The van der Waals surface area contributed by atoms with E-state index in [-0.39, 0.29) is 22.1 Å². The van der Waals surface area contributed by atoms with Gasteiger partial charge in [-0.3, -0.25) is 4.79 Å². The van der Waals surface area contributed by atoms with E-state index >= 15 is 0 Å². The normalized spacial score (nSPS) is 17.9. The molecule has 0 atom stereocenters. The molecule has 2 rings (SSSR count). The Labute approximate surface area is 119 Å². The molecule has 1 aliphatic heterocycles. The quantitative estimate of drug-likeness (QED) is 0.659. The minimum absolute atomic E-state index is 0.0999. The van der Waals surface area contributed by atoms with Crippen molar-refractivity contribution in [1.29, 1.82) is 0 Å². The van der Waals surface area contributed by atoms with Crippen molar-refractivity contribution in [3.8, 4) is 0 Å². The summed E-state index contributed by atoms with van der Waals surface area (Å²) >= 11 is 1.20. The van der Waals surface area contributed by atoms with E-state index < -0.39 is 15.7 Å². The third-order valence-electron chi connectivity index (χ3n) is 2.33. The lowest BCUT2D eigenvalue weighted by molar-refractivity contribution is -0.116. The van der Waals surface area contributed by atoms with E-state index in [1.165, 1.54) is 23.9 Å². The number of nitrogens with one attached hydrogen (secondary N) is 1. The Bertz CT molecular complexity index is 714. The average Bonchev–Trinajstić information content (AvgIpc) is 2.76. The lowest BCUT2D eigenvalue weighted by Gasteiger charge is -2.00. The molecule has 1 aromatic rings. The topological polar surface area (TPSA) is 88.0 Å². The number of halogens is 1. The van der Waals surface area contributed by atoms with Crippen LogP contribution < -0.4 is 5.32 Å². The summed E-state index contributed by atoms with van der Waals surface area (Å²) < 4.78 is 36.2. The van der Waals surface area contributed by atoms with Gasteiger partial charge in [-0.2, -0.15) is 5.10 Å². The monoisotopic (exact) mass is 315 g/mol. The van der Waals surface area contributed by atoms with Crippen LogP contribution in [0, 0.1) is 5.82 Å². The van der Waals surface area contributed by atoms with Gasteiger partial charge < -0.3 is 5.32 Å². The zero-order chi connectivity index (χ0) is 14.8. The summed E-state index contributed by atoms with van der Waals surface area (Å²) in [5, 5.41) is 10.2. The third-order valence-corrected chi connectivity index (χ3v) is 4.31. The maximum Gasteiger partial charge on any atom is 0.236 e. The highest BCUT2D eigenvalue weighted by Crippen LogP contribution is 2.14. The first-order valence-electron chi connectivity index (χ1n) is 5.39. The van der Waals surface area contributed by atoms with Crippen LogP contribution in [-0.4, -0.2) is 37.7 Å². The molecule has 1 saturated heterocycles. The minimum atomic E-state index is -3.44. The molecular weight excluding hydrogens is 305 g/mol. The first-order chi connectivity index (χ1) is 9.36. The van der Waals surface area contributed by atoms with Crippen LogP contribution in [0.2, 0.25) is 0 Å². The van der Waals surface area contributed by atoms with E-state index in [4.69, 9.17) is 0 Å². The number of benzene rings is 1. The first-order valence-corrected chi connectivity index (χ1v) is 8.27. The molecule has 1 aromatic carbocycles. The Kier molecular flexibility index (Phi) is 4.19. The predicted octanol–water partition coefficient (Wildman–Crippen LogP) is 0.782. The number of amides is 1. The minimum Gasteiger partial charge on any atom is -0.303 e. The summed E-state index contributed by atoms with van der Waals surface area (Å²) in [5.74, 6) is -0.584. The van der Waals surface area contributed by atoms with Crippen molar-refractivity contribution < 1.29 is 17.6 Å². The fraction of sp³-hybridized carbons (Fsp3) is 0.182. The smallest absolute Gasteiger partial charge is 0.236 e. The van der Waals surface area contributed by atoms with Gasteiger partial charge in [-0.25, -0.2) is 12.8 Å². The number of carbonyl (C=O) groups is 1. The summed E-state index contributed by atoms with van der Waals surface area (Å²) in [4.78, 5) is 10.8. The number of thioether (sulfide) groups is 1. The van der Waals surface area contributed by atoms with Gasteiger partial charge in [0, 0.05) is 11.8 Å². The summed E-state index contributed by atoms with van der Waals surface area (Å²) in [6.07, 6.45) is 2.15. The molecule has 6 nitrogen and oxygen atoms in total. The molecule has 0 saturated carbocycles. The maximum atomic E-state index is 13.7. The number of sulfone groups is 1. The highest BCUT2D eigenvalue weighted by atomic mass is 32.2. The molecule has 0 bridgehead atoms. The Morgan fingerprint density at radius 3 is 2.75 bits per heavy atom. The summed E-state index contributed by atoms with van der Waals surface area (Å²) in [6.45, 7) is 0. The molecule has 0 spiro atoms. The highest BCUT2D eigenvalue weighted by Gasteiger charge is 2.16. The Balaban J connectivity index is 2.16. The van der Waals surface area contributed by atoms with Crippen molar-refractivity contribution in [2.45, 2.75) is 4.90 Å². The SMILES string of the molecule is CS(=O)(=O)c1ccc(C=NN=C2NC(=O)CS2)c(F)c1. The van der Waals surface area contributed by atoms with Crippen LogP contribution in [0.1, 0.15) is 5.56 Å². The molecular formula is C11H10FN3O3S2. The van der Waals surface area contributed by atoms with Crippen LogP contribution in [0.5, 0.6) is 0 Å². The van der Waals surface area contributed by atoms with Crippen LogP contribution in [0.4, 0.5) is 4.39 Å². The van der Waals surface area contributed by atoms with Gasteiger partial charge in [-0.15, -0.1) is 5.10 Å². The molecule has 0 aromatic heterocycles. The van der Waals surface area contributed by atoms with Crippen LogP contribution in [0.3, 0.4) is 0 Å². The molecule has 1 heterocycles. The van der Waals surface area contributed by atoms with Gasteiger partial charge in [0.25, 0.3) is 0 Å². The van der Waals surface area contributed by atoms with Crippen molar-refractivity contribution in [1.82, 2.24) is 5.32 Å². The number of hydrogen-bond acceptors (Lipinski definition) is 6. The van der Waals surface area contributed by atoms with Crippen molar-refractivity contribution in [3.05, 3.63) is 29.6 Å². The standard InChI is InChI=1S/C11H10FN3O3S2/c1-20(17,18)8-3-2-7(9(12)4-8)5-13-15-11-14-10(16)6-19-11/h2-5H,6H2,1H3,(H,14,15,16). The molecule has 106 valence electrons. The van der Waals surface area contributed by atoms with Gasteiger partial charge in [0.1, 0.15) is 5.82 Å². The van der Waals surface area contributed by atoms with Gasteiger partial charge in [-0.05, 0) is 18.2 Å². The number of hydrogen-bond donors (Lipinski definition) is 1. The molecule has 20 heavy (non-hydrogen) atoms. The Morgan fingerprint density at radius 1 is 1.45 bits per heavy atom. The zero-order valence-electron chi connectivity index (χ0n) is 10.3. The van der Waals surface area contributed by atoms with Crippen LogP contribution >= 0.6 is 11.8 Å². The number of nitrogens with zero attached hydrogens (tertiary/aromatic N) is 2. The molecule has 0 aliphatic carbocycles. The van der Waals surface area contributed by atoms with Crippen LogP contribution in [0.25, 0.3) is 0 Å². The lowest BCUT2D eigenvalue weighted by Crippen LogP contribution is -2.19. The van der Waals surface area contributed by atoms with Gasteiger partial charge in [-0.1, -0.05) is 11.8 Å². The summed E-state index contributed by atoms with van der Waals surface area (Å²) in [7, 11) is -3.44. The van der Waals surface area contributed by atoms with Crippen LogP contribution in [0.15, 0.2) is 33.3 Å². The third kappa shape index (κ3) is 3.64. The molecule has 1 aliphatic rings. The van der Waals surface area contributed by atoms with Crippen molar-refractivity contribution in [2.75, 3.05) is 12.0 Å². The van der Waals surface area contributed by atoms with Crippen molar-refractivity contribution >= 4 is 38.9 Å². The van der Waals surface area contributed by atoms with Crippen LogP contribution in [-0.2, 0) is 14.6 Å². The average molecular weight is 315 g/mol. The highest BCUT2D eigenvalue weighted by molar-refractivity contribution is 8.15. The van der Waals surface area contributed by atoms with E-state index in [1.54, 1.807) is 0 Å². The Hall–Kier alpha value is -1.74. The van der Waals surface area contributed by atoms with E-state index in [0.717, 1.165) is 18.5 Å². The second-order valence-corrected chi connectivity index (χ2v) is 6.92. The molecule has 9 heteroatoms. The molecule has 1 N–H and O–H groups in total. The van der Waals surface area contributed by atoms with Crippen molar-refractivity contribution in [3.63, 3.8) is 0 Å². The lowest BCUT2D eigenvalue weighted by atomic mass is 10.2. The molecule has 1 amide bonds. The summed E-state index contributed by atoms with van der Waals surface area (Å²) in [5.41, 5.74) is 0.107. The molecule has 0 unspecified atom stereocenters. The zero-order valence-corrected chi connectivity index (χ0v) is 12.0. The second kappa shape index (κ2) is 5.71. The molecule has 1 fully saturated rings. The Morgan fingerprint density at radius 2 is 2.20 bits per heavy atom. The van der Waals surface area contributed by atoms with Gasteiger partial charge in [0.05, 0.1) is 16.9 Å². The fourth-order valence-electron chi connectivity index (χ4n) is 1.37. The number of amidine groups is 1. The predicted molar refractivity (Wildman–Crippen MR) is 75.1 cm³/mol. The number of carbonyl (C=O) groups excluding carboxylic acids is 1. The first kappa shape index (κ1) is 14.7. The van der Waals surface area contributed by atoms with Gasteiger partial charge >= 0.3 is 0 Å².